The van der Waals surface area contributed by atoms with E-state index >= 15 is 4.39 Å². The van der Waals surface area contributed by atoms with Crippen molar-refractivity contribution >= 4 is 33.6 Å². The van der Waals surface area contributed by atoms with Crippen LogP contribution in [0.15, 0.2) is 35.6 Å². The molecule has 16 heteroatoms. The molecule has 260 valence electrons. The molecule has 2 aliphatic rings. The van der Waals surface area contributed by atoms with Gasteiger partial charge in [-0.1, -0.05) is 17.1 Å². The van der Waals surface area contributed by atoms with Crippen LogP contribution in [0.5, 0.6) is 11.8 Å². The highest BCUT2D eigenvalue weighted by Gasteiger charge is 2.28. The summed E-state index contributed by atoms with van der Waals surface area (Å²) in [4.78, 5) is 33.5. The van der Waals surface area contributed by atoms with Gasteiger partial charge in [0.05, 0.1) is 10.9 Å². The molecule has 14 nitrogen and oxygen atoms in total. The first-order valence-electron chi connectivity index (χ1n) is 16.1. The molecule has 0 bridgehead atoms. The molecule has 0 spiro atoms. The molecular formula is C34H35F2N9O5. The van der Waals surface area contributed by atoms with Gasteiger partial charge >= 0.3 is 12.1 Å². The molecule has 1 N–H and O–H groups in total. The Morgan fingerprint density at radius 3 is 2.74 bits per heavy atom. The normalized spacial score (nSPS) is 16.4. The van der Waals surface area contributed by atoms with Crippen LogP contribution in [0.2, 0.25) is 0 Å². The molecule has 1 amide bonds. The first-order chi connectivity index (χ1) is 24.3. The van der Waals surface area contributed by atoms with Gasteiger partial charge < -0.3 is 29.1 Å². The Bertz CT molecular complexity index is 1990. The highest BCUT2D eigenvalue weighted by atomic mass is 19.1. The Morgan fingerprint density at radius 1 is 1.18 bits per heavy atom. The summed E-state index contributed by atoms with van der Waals surface area (Å²) >= 11 is 0. The average molecular weight is 688 g/mol. The minimum absolute atomic E-state index is 0.0532. The molecule has 4 aromatic rings. The zero-order chi connectivity index (χ0) is 35.2. The van der Waals surface area contributed by atoms with Crippen molar-refractivity contribution in [1.82, 2.24) is 24.8 Å². The van der Waals surface area contributed by atoms with Gasteiger partial charge in [-0.3, -0.25) is 9.88 Å². The van der Waals surface area contributed by atoms with Gasteiger partial charge in [-0.2, -0.15) is 9.97 Å². The second-order valence-corrected chi connectivity index (χ2v) is 11.9. The minimum atomic E-state index is -1.02. The van der Waals surface area contributed by atoms with Crippen LogP contribution in [-0.4, -0.2) is 108 Å². The number of halogens is 2. The number of hydrogen-bond donors (Lipinski definition) is 1. The number of carboxylic acid groups (broad SMARTS) is 1. The maximum Gasteiger partial charge on any atom is 0.407 e. The van der Waals surface area contributed by atoms with E-state index in [0.29, 0.717) is 48.4 Å². The molecule has 2 aromatic carbocycles. The van der Waals surface area contributed by atoms with Gasteiger partial charge in [-0.15, -0.1) is 6.42 Å². The van der Waals surface area contributed by atoms with Crippen LogP contribution in [0.4, 0.5) is 19.4 Å². The number of piperazine rings is 1. The molecule has 2 aliphatic heterocycles. The summed E-state index contributed by atoms with van der Waals surface area (Å²) in [5, 5.41) is 14.2. The molecule has 4 heterocycles. The lowest BCUT2D eigenvalue weighted by Crippen LogP contribution is -2.48. The number of likely N-dealkylation sites (tertiary alicyclic amines) is 1. The lowest BCUT2D eigenvalue weighted by molar-refractivity contribution is 0.0512. The standard InChI is InChI=1S/C34H35F2N9O5/c1-3-24-27(35)8-7-21-16-23(50-20-48-2)17-25(28(21)24)30-29(36)31-26(18-38-30)32(44-12-14-45(15-13-44)34(46)47)41-33(40-31)49-19-22-6-4-10-43(22)11-5-9-39-42-37/h1,7-8,16-18,22H,4-6,9-15,19-20H2,2H3,(H,46,47)/t22-/m0/s1. The van der Waals surface area contributed by atoms with Gasteiger partial charge in [0, 0.05) is 67.9 Å². The van der Waals surface area contributed by atoms with Crippen molar-refractivity contribution in [1.29, 1.82) is 0 Å². The zero-order valence-corrected chi connectivity index (χ0v) is 27.4. The van der Waals surface area contributed by atoms with Crippen molar-refractivity contribution in [2.24, 2.45) is 5.11 Å². The molecule has 0 aliphatic carbocycles. The molecule has 0 radical (unpaired) electrons. The first kappa shape index (κ1) is 34.4. The number of hydrogen-bond acceptors (Lipinski definition) is 10. The number of pyridine rings is 1. The van der Waals surface area contributed by atoms with Gasteiger partial charge in [0.25, 0.3) is 0 Å². The summed E-state index contributed by atoms with van der Waals surface area (Å²) in [5.74, 6) is 1.62. The number of benzene rings is 2. The predicted molar refractivity (Wildman–Crippen MR) is 181 cm³/mol. The summed E-state index contributed by atoms with van der Waals surface area (Å²) in [6.07, 6.45) is 8.72. The SMILES string of the molecule is C#Cc1c(F)ccc2cc(OCOC)cc(-c3ncc4c(N5CCN(C(=O)O)CC5)nc(OC[C@@H]5CCCN5CCCN=[N+]=[N-])nc4c3F)c12. The van der Waals surface area contributed by atoms with Crippen molar-refractivity contribution < 1.29 is 32.9 Å². The van der Waals surface area contributed by atoms with Crippen LogP contribution in [0, 0.1) is 24.0 Å². The van der Waals surface area contributed by atoms with Crippen molar-refractivity contribution in [3.05, 3.63) is 58.1 Å². The quantitative estimate of drug-likeness (QED) is 0.0508. The van der Waals surface area contributed by atoms with Crippen molar-refractivity contribution in [3.63, 3.8) is 0 Å². The van der Waals surface area contributed by atoms with Crippen LogP contribution in [0.3, 0.4) is 0 Å². The molecule has 0 unspecified atom stereocenters. The Labute approximate surface area is 286 Å². The molecule has 2 aromatic heterocycles. The van der Waals surface area contributed by atoms with Crippen molar-refractivity contribution in [2.75, 3.05) is 71.2 Å². The number of nitrogens with zero attached hydrogens (tertiary/aromatic N) is 9. The van der Waals surface area contributed by atoms with Crippen molar-refractivity contribution in [2.45, 2.75) is 25.3 Å². The van der Waals surface area contributed by atoms with E-state index in [9.17, 15) is 14.3 Å². The van der Waals surface area contributed by atoms with Gasteiger partial charge in [-0.25, -0.2) is 13.6 Å². The van der Waals surface area contributed by atoms with Crippen LogP contribution in [-0.2, 0) is 4.74 Å². The Balaban J connectivity index is 1.43. The number of anilines is 1. The number of methoxy groups -OCH3 is 1. The van der Waals surface area contributed by atoms with Gasteiger partial charge in [0.15, 0.2) is 12.6 Å². The van der Waals surface area contributed by atoms with Gasteiger partial charge in [0.2, 0.25) is 0 Å². The summed E-state index contributed by atoms with van der Waals surface area (Å²) in [6, 6.07) is 5.95. The number of azide groups is 1. The second kappa shape index (κ2) is 15.4. The molecule has 2 saturated heterocycles. The van der Waals surface area contributed by atoms with Gasteiger partial charge in [0.1, 0.15) is 35.2 Å². The fourth-order valence-corrected chi connectivity index (χ4v) is 6.51. The number of fused-ring (bicyclic) bond motifs is 2. The molecule has 6 rings (SSSR count). The fraction of sp³-hybridized carbons (Fsp3) is 0.412. The largest absolute Gasteiger partial charge is 0.468 e. The van der Waals surface area contributed by atoms with E-state index in [2.05, 4.69) is 35.8 Å². The van der Waals surface area contributed by atoms with Crippen LogP contribution in [0.25, 0.3) is 43.4 Å². The third kappa shape index (κ3) is 7.11. The predicted octanol–water partition coefficient (Wildman–Crippen LogP) is 5.43. The number of aromatic nitrogens is 3. The fourth-order valence-electron chi connectivity index (χ4n) is 6.51. The highest BCUT2D eigenvalue weighted by molar-refractivity contribution is 6.03. The third-order valence-electron chi connectivity index (χ3n) is 8.95. The van der Waals surface area contributed by atoms with E-state index in [-0.39, 0.29) is 66.3 Å². The molecular weight excluding hydrogens is 652 g/mol. The Morgan fingerprint density at radius 2 is 2.00 bits per heavy atom. The average Bonchev–Trinajstić information content (AvgIpc) is 3.58. The highest BCUT2D eigenvalue weighted by Crippen LogP contribution is 2.39. The van der Waals surface area contributed by atoms with Crippen molar-refractivity contribution in [3.8, 4) is 35.4 Å². The number of terminal acetylenes is 1. The molecule has 1 atom stereocenters. The summed E-state index contributed by atoms with van der Waals surface area (Å²) < 4.78 is 48.8. The Kier molecular flexibility index (Phi) is 10.6. The van der Waals surface area contributed by atoms with E-state index in [0.717, 1.165) is 25.9 Å². The maximum atomic E-state index is 16.9. The van der Waals surface area contributed by atoms with Crippen LogP contribution >= 0.6 is 0 Å². The van der Waals surface area contributed by atoms with Gasteiger partial charge in [-0.05, 0) is 61.5 Å². The monoisotopic (exact) mass is 687 g/mol. The maximum absolute atomic E-state index is 16.9. The smallest absolute Gasteiger partial charge is 0.407 e. The third-order valence-corrected chi connectivity index (χ3v) is 8.95. The summed E-state index contributed by atoms with van der Waals surface area (Å²) in [6.45, 7) is 3.20. The Hall–Kier alpha value is -5.49. The zero-order valence-electron chi connectivity index (χ0n) is 27.4. The van der Waals surface area contributed by atoms with E-state index in [1.165, 1.54) is 36.4 Å². The minimum Gasteiger partial charge on any atom is -0.468 e. The van der Waals surface area contributed by atoms with E-state index in [1.807, 2.05) is 4.90 Å². The molecule has 50 heavy (non-hydrogen) atoms. The van der Waals surface area contributed by atoms with E-state index in [4.69, 9.17) is 26.2 Å². The summed E-state index contributed by atoms with van der Waals surface area (Å²) in [5.41, 5.74) is 8.51. The van der Waals surface area contributed by atoms with E-state index < -0.39 is 17.7 Å². The number of amides is 1. The number of ether oxygens (including phenoxy) is 3. The lowest BCUT2D eigenvalue weighted by atomic mass is 9.95. The first-order valence-corrected chi connectivity index (χ1v) is 16.1. The number of carbonyl (C=O) groups is 1. The van der Waals surface area contributed by atoms with Crippen LogP contribution < -0.4 is 14.4 Å². The lowest BCUT2D eigenvalue weighted by Gasteiger charge is -2.34. The topological polar surface area (TPSA) is 162 Å². The molecule has 0 saturated carbocycles. The van der Waals surface area contributed by atoms with E-state index in [1.54, 1.807) is 6.07 Å². The number of rotatable bonds is 12. The van der Waals surface area contributed by atoms with Crippen LogP contribution in [0.1, 0.15) is 24.8 Å². The molecule has 2 fully saturated rings. The second-order valence-electron chi connectivity index (χ2n) is 11.9. The summed E-state index contributed by atoms with van der Waals surface area (Å²) in [7, 11) is 1.47.